The van der Waals surface area contributed by atoms with Gasteiger partial charge in [0.2, 0.25) is 0 Å². The van der Waals surface area contributed by atoms with Gasteiger partial charge in [0, 0.05) is 24.5 Å². The summed E-state index contributed by atoms with van der Waals surface area (Å²) in [5.74, 6) is 0. The van der Waals surface area contributed by atoms with E-state index in [0.717, 1.165) is 31.6 Å². The zero-order chi connectivity index (χ0) is 10.7. The van der Waals surface area contributed by atoms with Crippen molar-refractivity contribution in [3.8, 4) is 0 Å². The summed E-state index contributed by atoms with van der Waals surface area (Å²) in [5, 5.41) is 0. The van der Waals surface area contributed by atoms with Crippen LogP contribution < -0.4 is 10.6 Å². The maximum absolute atomic E-state index is 12.2. The van der Waals surface area contributed by atoms with Crippen molar-refractivity contribution < 1.29 is 4.39 Å². The van der Waals surface area contributed by atoms with Crippen LogP contribution in [0.2, 0.25) is 0 Å². The van der Waals surface area contributed by atoms with Crippen LogP contribution in [0.4, 0.5) is 15.8 Å². The second-order valence-corrected chi connectivity index (χ2v) is 3.98. The van der Waals surface area contributed by atoms with Gasteiger partial charge in [-0.05, 0) is 37.0 Å². The van der Waals surface area contributed by atoms with E-state index in [-0.39, 0.29) is 6.67 Å². The molecule has 15 heavy (non-hydrogen) atoms. The van der Waals surface area contributed by atoms with E-state index in [2.05, 4.69) is 11.0 Å². The minimum absolute atomic E-state index is 0.242. The van der Waals surface area contributed by atoms with Gasteiger partial charge < -0.3 is 10.6 Å². The first-order chi connectivity index (χ1) is 7.33. The molecule has 0 saturated carbocycles. The van der Waals surface area contributed by atoms with E-state index in [1.54, 1.807) is 0 Å². The number of anilines is 2. The van der Waals surface area contributed by atoms with Gasteiger partial charge >= 0.3 is 0 Å². The summed E-state index contributed by atoms with van der Waals surface area (Å²) in [7, 11) is 0. The molecule has 82 valence electrons. The smallest absolute Gasteiger partial charge is 0.0911 e. The van der Waals surface area contributed by atoms with Crippen LogP contribution in [0, 0.1) is 0 Å². The molecule has 0 amide bonds. The van der Waals surface area contributed by atoms with E-state index in [0.29, 0.717) is 6.42 Å². The summed E-state index contributed by atoms with van der Waals surface area (Å²) < 4.78 is 12.2. The Hall–Kier alpha value is -1.25. The fourth-order valence-electron chi connectivity index (χ4n) is 2.21. The van der Waals surface area contributed by atoms with E-state index in [1.165, 1.54) is 11.3 Å². The minimum atomic E-state index is -0.242. The highest BCUT2D eigenvalue weighted by Crippen LogP contribution is 2.31. The molecule has 0 atom stereocenters. The predicted molar refractivity (Wildman–Crippen MR) is 62.0 cm³/mol. The van der Waals surface area contributed by atoms with Crippen molar-refractivity contribution >= 4 is 11.4 Å². The number of benzene rings is 1. The zero-order valence-corrected chi connectivity index (χ0v) is 8.88. The van der Waals surface area contributed by atoms with Gasteiger partial charge in [-0.3, -0.25) is 4.39 Å². The minimum Gasteiger partial charge on any atom is -0.398 e. The predicted octanol–water partition coefficient (Wildman–Crippen LogP) is 2.38. The van der Waals surface area contributed by atoms with Crippen LogP contribution in [0.15, 0.2) is 18.2 Å². The highest BCUT2D eigenvalue weighted by molar-refractivity contribution is 5.66. The first-order valence-corrected chi connectivity index (χ1v) is 5.51. The third-order valence-corrected chi connectivity index (χ3v) is 2.94. The van der Waals surface area contributed by atoms with Crippen molar-refractivity contribution in [1.82, 2.24) is 0 Å². The van der Waals surface area contributed by atoms with Crippen LogP contribution in [-0.2, 0) is 6.42 Å². The van der Waals surface area contributed by atoms with Gasteiger partial charge in [0.25, 0.3) is 0 Å². The van der Waals surface area contributed by atoms with Crippen molar-refractivity contribution in [3.63, 3.8) is 0 Å². The first kappa shape index (κ1) is 10.3. The zero-order valence-electron chi connectivity index (χ0n) is 8.88. The lowest BCUT2D eigenvalue weighted by atomic mass is 10.00. The van der Waals surface area contributed by atoms with Crippen LogP contribution in [-0.4, -0.2) is 19.8 Å². The third-order valence-electron chi connectivity index (χ3n) is 2.94. The Balaban J connectivity index is 2.22. The fraction of sp³-hybridized carbons (Fsp3) is 0.500. The van der Waals surface area contributed by atoms with E-state index < -0.39 is 0 Å². The number of nitrogens with zero attached hydrogens (tertiary/aromatic N) is 1. The van der Waals surface area contributed by atoms with Crippen molar-refractivity contribution in [2.24, 2.45) is 0 Å². The standard InChI is InChI=1S/C12H17FN2/c13-7-3-9-15-8-2-4-10-11(14)5-1-6-12(10)15/h1,5-6H,2-4,7-9,14H2. The Bertz CT molecular complexity index is 338. The molecule has 1 aromatic rings. The van der Waals surface area contributed by atoms with Crippen LogP contribution in [0.1, 0.15) is 18.4 Å². The Morgan fingerprint density at radius 3 is 3.07 bits per heavy atom. The van der Waals surface area contributed by atoms with E-state index in [9.17, 15) is 4.39 Å². The number of hydrogen-bond donors (Lipinski definition) is 1. The fourth-order valence-corrected chi connectivity index (χ4v) is 2.21. The Labute approximate surface area is 89.9 Å². The molecule has 0 fully saturated rings. The maximum atomic E-state index is 12.2. The van der Waals surface area contributed by atoms with Crippen molar-refractivity contribution in [3.05, 3.63) is 23.8 Å². The molecule has 0 bridgehead atoms. The Kier molecular flexibility index (Phi) is 3.09. The molecule has 2 rings (SSSR count). The molecular formula is C12H17FN2. The maximum Gasteiger partial charge on any atom is 0.0911 e. The average molecular weight is 208 g/mol. The van der Waals surface area contributed by atoms with Gasteiger partial charge in [-0.25, -0.2) is 0 Å². The molecule has 3 heteroatoms. The topological polar surface area (TPSA) is 29.3 Å². The van der Waals surface area contributed by atoms with Crippen LogP contribution in [0.25, 0.3) is 0 Å². The number of rotatable bonds is 3. The molecule has 1 aliphatic heterocycles. The number of alkyl halides is 1. The molecule has 1 aliphatic rings. The largest absolute Gasteiger partial charge is 0.398 e. The van der Waals surface area contributed by atoms with Gasteiger partial charge in [0.1, 0.15) is 0 Å². The molecule has 0 aromatic heterocycles. The van der Waals surface area contributed by atoms with Crippen LogP contribution in [0.5, 0.6) is 0 Å². The molecule has 0 radical (unpaired) electrons. The molecule has 0 saturated heterocycles. The van der Waals surface area contributed by atoms with Gasteiger partial charge in [-0.2, -0.15) is 0 Å². The van der Waals surface area contributed by atoms with Gasteiger partial charge in [-0.15, -0.1) is 0 Å². The van der Waals surface area contributed by atoms with Crippen LogP contribution in [0.3, 0.4) is 0 Å². The summed E-state index contributed by atoms with van der Waals surface area (Å²) in [5.41, 5.74) is 9.25. The van der Waals surface area contributed by atoms with Crippen LogP contribution >= 0.6 is 0 Å². The number of nitrogens with two attached hydrogens (primary N) is 1. The second kappa shape index (κ2) is 4.51. The lowest BCUT2D eigenvalue weighted by Gasteiger charge is -2.31. The normalized spacial score (nSPS) is 15.1. The van der Waals surface area contributed by atoms with Crippen molar-refractivity contribution in [2.75, 3.05) is 30.4 Å². The third kappa shape index (κ3) is 2.06. The van der Waals surface area contributed by atoms with E-state index >= 15 is 0 Å². The first-order valence-electron chi connectivity index (χ1n) is 5.51. The highest BCUT2D eigenvalue weighted by atomic mass is 19.1. The summed E-state index contributed by atoms with van der Waals surface area (Å²) in [6, 6.07) is 6.00. The quantitative estimate of drug-likeness (QED) is 0.773. The number of hydrogen-bond acceptors (Lipinski definition) is 2. The molecule has 1 heterocycles. The summed E-state index contributed by atoms with van der Waals surface area (Å²) >= 11 is 0. The molecule has 0 spiro atoms. The van der Waals surface area contributed by atoms with Gasteiger partial charge in [0.15, 0.2) is 0 Å². The molecular weight excluding hydrogens is 191 g/mol. The summed E-state index contributed by atoms with van der Waals surface area (Å²) in [6.07, 6.45) is 2.77. The SMILES string of the molecule is Nc1cccc2c1CCCN2CCCF. The molecule has 1 aromatic carbocycles. The second-order valence-electron chi connectivity index (χ2n) is 3.98. The summed E-state index contributed by atoms with van der Waals surface area (Å²) in [6.45, 7) is 1.58. The van der Waals surface area contributed by atoms with E-state index in [1.807, 2.05) is 12.1 Å². The lowest BCUT2D eigenvalue weighted by Crippen LogP contribution is -2.30. The van der Waals surface area contributed by atoms with Crippen molar-refractivity contribution in [2.45, 2.75) is 19.3 Å². The Morgan fingerprint density at radius 2 is 2.27 bits per heavy atom. The lowest BCUT2D eigenvalue weighted by molar-refractivity contribution is 0.469. The molecule has 0 unspecified atom stereocenters. The molecule has 2 nitrogen and oxygen atoms in total. The average Bonchev–Trinajstić information content (AvgIpc) is 2.27. The van der Waals surface area contributed by atoms with Crippen molar-refractivity contribution in [1.29, 1.82) is 0 Å². The molecule has 0 aliphatic carbocycles. The van der Waals surface area contributed by atoms with Gasteiger partial charge in [-0.1, -0.05) is 6.07 Å². The number of fused-ring (bicyclic) bond motifs is 1. The Morgan fingerprint density at radius 1 is 1.40 bits per heavy atom. The highest BCUT2D eigenvalue weighted by Gasteiger charge is 2.17. The number of nitrogen functional groups attached to an aromatic ring is 1. The monoisotopic (exact) mass is 208 g/mol. The van der Waals surface area contributed by atoms with E-state index in [4.69, 9.17) is 5.73 Å². The number of halogens is 1. The summed E-state index contributed by atoms with van der Waals surface area (Å²) in [4.78, 5) is 2.24. The van der Waals surface area contributed by atoms with Gasteiger partial charge in [0.05, 0.1) is 6.67 Å². The molecule has 2 N–H and O–H groups in total.